The zero-order valence-electron chi connectivity index (χ0n) is 12.5. The van der Waals surface area contributed by atoms with Gasteiger partial charge in [-0.2, -0.15) is 0 Å². The Kier molecular flexibility index (Phi) is 4.24. The van der Waals surface area contributed by atoms with Crippen LogP contribution in [0.4, 0.5) is 5.69 Å². The van der Waals surface area contributed by atoms with E-state index in [-0.39, 0.29) is 5.91 Å². The SMILES string of the molecule is Cc1nccn1-c1ccc(NC(=O)/C=C/c2cccnc2)cn1. The van der Waals surface area contributed by atoms with Crippen molar-refractivity contribution >= 4 is 17.7 Å². The summed E-state index contributed by atoms with van der Waals surface area (Å²) in [5.74, 6) is 1.39. The monoisotopic (exact) mass is 305 g/mol. The summed E-state index contributed by atoms with van der Waals surface area (Å²) in [4.78, 5) is 24.4. The van der Waals surface area contributed by atoms with Crippen molar-refractivity contribution in [3.63, 3.8) is 0 Å². The first-order valence-corrected chi connectivity index (χ1v) is 7.08. The van der Waals surface area contributed by atoms with Crippen LogP contribution in [0.2, 0.25) is 0 Å². The van der Waals surface area contributed by atoms with E-state index in [9.17, 15) is 4.79 Å². The van der Waals surface area contributed by atoms with E-state index in [1.54, 1.807) is 36.9 Å². The first kappa shape index (κ1) is 14.6. The molecule has 0 saturated carbocycles. The summed E-state index contributed by atoms with van der Waals surface area (Å²) in [7, 11) is 0. The van der Waals surface area contributed by atoms with Gasteiger partial charge in [-0.15, -0.1) is 0 Å². The highest BCUT2D eigenvalue weighted by molar-refractivity contribution is 6.01. The van der Waals surface area contributed by atoms with Crippen molar-refractivity contribution in [2.24, 2.45) is 0 Å². The van der Waals surface area contributed by atoms with Crippen molar-refractivity contribution in [1.82, 2.24) is 19.5 Å². The summed E-state index contributed by atoms with van der Waals surface area (Å²) >= 11 is 0. The molecule has 1 amide bonds. The van der Waals surface area contributed by atoms with Gasteiger partial charge in [0.2, 0.25) is 5.91 Å². The number of pyridine rings is 2. The second-order valence-corrected chi connectivity index (χ2v) is 4.86. The van der Waals surface area contributed by atoms with Gasteiger partial charge in [-0.1, -0.05) is 6.07 Å². The molecule has 6 heteroatoms. The molecule has 0 aliphatic heterocycles. The lowest BCUT2D eigenvalue weighted by atomic mass is 10.2. The van der Waals surface area contributed by atoms with Crippen molar-refractivity contribution in [1.29, 1.82) is 0 Å². The number of carbonyl (C=O) groups is 1. The molecule has 3 aromatic heterocycles. The topological polar surface area (TPSA) is 72.7 Å². The molecule has 114 valence electrons. The molecule has 0 fully saturated rings. The van der Waals surface area contributed by atoms with E-state index in [0.717, 1.165) is 17.2 Å². The van der Waals surface area contributed by atoms with Crippen molar-refractivity contribution in [2.45, 2.75) is 6.92 Å². The summed E-state index contributed by atoms with van der Waals surface area (Å²) in [6.45, 7) is 1.90. The number of hydrogen-bond acceptors (Lipinski definition) is 4. The normalized spacial score (nSPS) is 10.8. The minimum Gasteiger partial charge on any atom is -0.321 e. The van der Waals surface area contributed by atoms with Crippen LogP contribution in [0.3, 0.4) is 0 Å². The maximum atomic E-state index is 11.9. The fourth-order valence-corrected chi connectivity index (χ4v) is 2.05. The fraction of sp³-hybridized carbons (Fsp3) is 0.0588. The molecule has 0 bridgehead atoms. The van der Waals surface area contributed by atoms with Gasteiger partial charge in [0.1, 0.15) is 11.6 Å². The quantitative estimate of drug-likeness (QED) is 0.752. The summed E-state index contributed by atoms with van der Waals surface area (Å²) < 4.78 is 1.87. The molecule has 0 saturated heterocycles. The zero-order valence-corrected chi connectivity index (χ0v) is 12.5. The van der Waals surface area contributed by atoms with Crippen molar-refractivity contribution in [2.75, 3.05) is 5.32 Å². The molecule has 0 aromatic carbocycles. The van der Waals surface area contributed by atoms with Crippen LogP contribution in [0.25, 0.3) is 11.9 Å². The van der Waals surface area contributed by atoms with Gasteiger partial charge in [0, 0.05) is 30.9 Å². The summed E-state index contributed by atoms with van der Waals surface area (Å²) in [5.41, 5.74) is 1.50. The van der Waals surface area contributed by atoms with Gasteiger partial charge in [-0.25, -0.2) is 9.97 Å². The lowest BCUT2D eigenvalue weighted by Gasteiger charge is -2.06. The summed E-state index contributed by atoms with van der Waals surface area (Å²) in [6.07, 6.45) is 11.7. The number of nitrogens with one attached hydrogen (secondary N) is 1. The summed E-state index contributed by atoms with van der Waals surface area (Å²) in [6, 6.07) is 7.33. The fourth-order valence-electron chi connectivity index (χ4n) is 2.05. The van der Waals surface area contributed by atoms with Gasteiger partial charge in [-0.05, 0) is 36.8 Å². The Balaban J connectivity index is 1.65. The van der Waals surface area contributed by atoms with E-state index in [2.05, 4.69) is 20.3 Å². The van der Waals surface area contributed by atoms with Crippen LogP contribution in [0.15, 0.2) is 61.3 Å². The van der Waals surface area contributed by atoms with E-state index in [0.29, 0.717) is 5.69 Å². The molecule has 23 heavy (non-hydrogen) atoms. The van der Waals surface area contributed by atoms with Gasteiger partial charge >= 0.3 is 0 Å². The van der Waals surface area contributed by atoms with Crippen LogP contribution in [0, 0.1) is 6.92 Å². The Morgan fingerprint density at radius 1 is 1.17 bits per heavy atom. The average Bonchev–Trinajstić information content (AvgIpc) is 3.01. The minimum absolute atomic E-state index is 0.220. The molecule has 3 aromatic rings. The number of aromatic nitrogens is 4. The Bertz CT molecular complexity index is 822. The maximum absolute atomic E-state index is 11.9. The molecule has 3 rings (SSSR count). The lowest BCUT2D eigenvalue weighted by Crippen LogP contribution is -2.08. The molecule has 0 unspecified atom stereocenters. The van der Waals surface area contributed by atoms with Gasteiger partial charge in [0.05, 0.1) is 11.9 Å². The molecule has 0 atom stereocenters. The van der Waals surface area contributed by atoms with Crippen LogP contribution in [-0.4, -0.2) is 25.4 Å². The molecule has 1 N–H and O–H groups in total. The predicted molar refractivity (Wildman–Crippen MR) is 88.0 cm³/mol. The van der Waals surface area contributed by atoms with Crippen LogP contribution in [0.1, 0.15) is 11.4 Å². The third-order valence-electron chi connectivity index (χ3n) is 3.20. The van der Waals surface area contributed by atoms with Gasteiger partial charge in [0.25, 0.3) is 0 Å². The molecule has 0 radical (unpaired) electrons. The maximum Gasteiger partial charge on any atom is 0.248 e. The van der Waals surface area contributed by atoms with E-state index in [1.807, 2.05) is 35.9 Å². The average molecular weight is 305 g/mol. The second-order valence-electron chi connectivity index (χ2n) is 4.86. The molecular formula is C17H15N5O. The van der Waals surface area contributed by atoms with Crippen LogP contribution >= 0.6 is 0 Å². The highest BCUT2D eigenvalue weighted by Crippen LogP contribution is 2.11. The van der Waals surface area contributed by atoms with E-state index >= 15 is 0 Å². The van der Waals surface area contributed by atoms with Crippen LogP contribution < -0.4 is 5.32 Å². The largest absolute Gasteiger partial charge is 0.321 e. The highest BCUT2D eigenvalue weighted by Gasteiger charge is 2.03. The molecule has 0 spiro atoms. The van der Waals surface area contributed by atoms with Crippen molar-refractivity contribution in [3.05, 3.63) is 72.7 Å². The molecule has 6 nitrogen and oxygen atoms in total. The Labute approximate surface area is 133 Å². The molecule has 0 aliphatic rings. The number of hydrogen-bond donors (Lipinski definition) is 1. The molecule has 0 aliphatic carbocycles. The number of anilines is 1. The first-order valence-electron chi connectivity index (χ1n) is 7.08. The highest BCUT2D eigenvalue weighted by atomic mass is 16.1. The van der Waals surface area contributed by atoms with Gasteiger partial charge in [-0.3, -0.25) is 14.3 Å². The number of nitrogens with zero attached hydrogens (tertiary/aromatic N) is 4. The third-order valence-corrected chi connectivity index (χ3v) is 3.20. The molecular weight excluding hydrogens is 290 g/mol. The number of carbonyl (C=O) groups excluding carboxylic acids is 1. The molecule has 3 heterocycles. The first-order chi connectivity index (χ1) is 11.2. The minimum atomic E-state index is -0.220. The smallest absolute Gasteiger partial charge is 0.248 e. The van der Waals surface area contributed by atoms with E-state index in [1.165, 1.54) is 6.08 Å². The number of imidazole rings is 1. The van der Waals surface area contributed by atoms with Gasteiger partial charge in [0.15, 0.2) is 0 Å². The van der Waals surface area contributed by atoms with E-state index < -0.39 is 0 Å². The van der Waals surface area contributed by atoms with Crippen molar-refractivity contribution in [3.8, 4) is 5.82 Å². The second kappa shape index (κ2) is 6.65. The predicted octanol–water partition coefficient (Wildman–Crippen LogP) is 2.62. The number of aryl methyl sites for hydroxylation is 1. The Hall–Kier alpha value is -3.28. The Morgan fingerprint density at radius 2 is 2.09 bits per heavy atom. The summed E-state index contributed by atoms with van der Waals surface area (Å²) in [5, 5.41) is 2.77. The standard InChI is InChI=1S/C17H15N5O/c1-13-19-9-10-22(13)16-6-5-15(12-20-16)21-17(23)7-4-14-3-2-8-18-11-14/h2-12H,1H3,(H,21,23)/b7-4+. The van der Waals surface area contributed by atoms with Gasteiger partial charge < -0.3 is 5.32 Å². The van der Waals surface area contributed by atoms with Crippen LogP contribution in [0.5, 0.6) is 0 Å². The lowest BCUT2D eigenvalue weighted by molar-refractivity contribution is -0.111. The third kappa shape index (κ3) is 3.68. The van der Waals surface area contributed by atoms with E-state index in [4.69, 9.17) is 0 Å². The van der Waals surface area contributed by atoms with Crippen molar-refractivity contribution < 1.29 is 4.79 Å². The zero-order chi connectivity index (χ0) is 16.1. The van der Waals surface area contributed by atoms with Crippen LogP contribution in [-0.2, 0) is 4.79 Å². The number of amides is 1. The Morgan fingerprint density at radius 3 is 2.74 bits per heavy atom. The number of rotatable bonds is 4.